The smallest absolute Gasteiger partial charge is 0.423 e. The molecule has 0 aliphatic carbocycles. The number of nitrogens with two attached hydrogens (primary N) is 2. The summed E-state index contributed by atoms with van der Waals surface area (Å²) in [6.07, 6.45) is -0.823. The first-order valence-corrected chi connectivity index (χ1v) is 2.18. The number of amides is 1. The van der Waals surface area contributed by atoms with E-state index >= 15 is 0 Å². The van der Waals surface area contributed by atoms with Crippen molar-refractivity contribution in [3.05, 3.63) is 0 Å². The zero-order valence-electron chi connectivity index (χ0n) is 2.97. The van der Waals surface area contributed by atoms with Gasteiger partial charge in [0.1, 0.15) is 0 Å². The molecule has 0 aliphatic heterocycles. The standard InChI is InChI=1S/CH4N2O2Si/c2-1(4)5-6-3/h3H2,(H2,2,4). The second kappa shape index (κ2) is 2.67. The van der Waals surface area contributed by atoms with Gasteiger partial charge in [-0.2, -0.15) is 0 Å². The Balaban J connectivity index is 2.83. The van der Waals surface area contributed by atoms with Gasteiger partial charge in [-0.25, -0.2) is 4.79 Å². The summed E-state index contributed by atoms with van der Waals surface area (Å²) in [5, 5.41) is 4.73. The van der Waals surface area contributed by atoms with Gasteiger partial charge in [-0.1, -0.05) is 0 Å². The lowest BCUT2D eigenvalue weighted by Crippen LogP contribution is -2.20. The van der Waals surface area contributed by atoms with Crippen LogP contribution in [0.1, 0.15) is 0 Å². The Hall–Kier alpha value is -0.553. The Morgan fingerprint density at radius 3 is 2.33 bits per heavy atom. The van der Waals surface area contributed by atoms with Crippen LogP contribution in [-0.2, 0) is 4.43 Å². The van der Waals surface area contributed by atoms with Crippen molar-refractivity contribution in [1.82, 2.24) is 0 Å². The maximum Gasteiger partial charge on any atom is 0.423 e. The molecule has 4 N–H and O–H groups in total. The van der Waals surface area contributed by atoms with Crippen LogP contribution in [0.25, 0.3) is 0 Å². The lowest BCUT2D eigenvalue weighted by molar-refractivity contribution is 0.213. The molecule has 0 aliphatic rings. The van der Waals surface area contributed by atoms with Gasteiger partial charge in [0.15, 0.2) is 0 Å². The molecule has 0 saturated carbocycles. The number of carbonyl (C=O) groups is 1. The molecule has 0 spiro atoms. The van der Waals surface area contributed by atoms with E-state index in [-0.39, 0.29) is 9.92 Å². The van der Waals surface area contributed by atoms with Crippen LogP contribution in [-0.4, -0.2) is 16.0 Å². The van der Waals surface area contributed by atoms with Crippen molar-refractivity contribution < 1.29 is 9.22 Å². The summed E-state index contributed by atoms with van der Waals surface area (Å²) in [4.78, 5) is 9.53. The minimum Gasteiger partial charge on any atom is -0.484 e. The van der Waals surface area contributed by atoms with Gasteiger partial charge in [-0.15, -0.1) is 0 Å². The molecule has 34 valence electrons. The lowest BCUT2D eigenvalue weighted by Gasteiger charge is -1.86. The maximum absolute atomic E-state index is 9.53. The van der Waals surface area contributed by atoms with E-state index in [2.05, 4.69) is 10.2 Å². The van der Waals surface area contributed by atoms with Crippen molar-refractivity contribution in [2.24, 2.45) is 11.1 Å². The topological polar surface area (TPSA) is 78.3 Å². The van der Waals surface area contributed by atoms with Crippen LogP contribution in [0.3, 0.4) is 0 Å². The highest BCUT2D eigenvalue weighted by atomic mass is 28.2. The first-order valence-electron chi connectivity index (χ1n) is 1.19. The van der Waals surface area contributed by atoms with E-state index in [1.807, 2.05) is 0 Å². The third-order valence-electron chi connectivity index (χ3n) is 0.160. The number of primary amides is 1. The Kier molecular flexibility index (Phi) is 2.43. The summed E-state index contributed by atoms with van der Waals surface area (Å²) in [6, 6.07) is 0. The Bertz CT molecular complexity index is 55.5. The molecule has 0 atom stereocenters. The minimum atomic E-state index is -0.823. The zero-order chi connectivity index (χ0) is 4.99. The molecule has 6 heavy (non-hydrogen) atoms. The van der Waals surface area contributed by atoms with Gasteiger partial charge in [-0.05, 0) is 0 Å². The van der Waals surface area contributed by atoms with Crippen LogP contribution in [0.5, 0.6) is 0 Å². The molecule has 5 heteroatoms. The SMILES string of the molecule is N[Si]OC(N)=O. The van der Waals surface area contributed by atoms with Crippen LogP contribution in [0.4, 0.5) is 4.79 Å². The normalized spacial score (nSPS) is 7.50. The Morgan fingerprint density at radius 2 is 2.33 bits per heavy atom. The van der Waals surface area contributed by atoms with E-state index in [1.54, 1.807) is 0 Å². The third-order valence-corrected chi connectivity index (χ3v) is 0.479. The molecule has 0 unspecified atom stereocenters. The van der Waals surface area contributed by atoms with Crippen molar-refractivity contribution in [2.45, 2.75) is 0 Å². The highest BCUT2D eigenvalue weighted by Crippen LogP contribution is 1.57. The Morgan fingerprint density at radius 1 is 1.83 bits per heavy atom. The molecule has 0 aromatic heterocycles. The second-order valence-electron chi connectivity index (χ2n) is 0.539. The van der Waals surface area contributed by atoms with E-state index in [4.69, 9.17) is 5.40 Å². The molecule has 1 amide bonds. The van der Waals surface area contributed by atoms with Crippen molar-refractivity contribution in [2.75, 3.05) is 0 Å². The Labute approximate surface area is 37.5 Å². The fourth-order valence-electron chi connectivity index (χ4n) is 0.0581. The zero-order valence-corrected chi connectivity index (χ0v) is 3.97. The van der Waals surface area contributed by atoms with Crippen LogP contribution >= 0.6 is 0 Å². The summed E-state index contributed by atoms with van der Waals surface area (Å²) in [7, 11) is -0.336. The highest BCUT2D eigenvalue weighted by molar-refractivity contribution is 6.25. The molecular formula is CH4N2O2Si. The van der Waals surface area contributed by atoms with E-state index in [1.165, 1.54) is 0 Å². The summed E-state index contributed by atoms with van der Waals surface area (Å²) in [5.74, 6) is 0. The van der Waals surface area contributed by atoms with E-state index in [9.17, 15) is 4.79 Å². The van der Waals surface area contributed by atoms with E-state index < -0.39 is 6.09 Å². The average molecular weight is 104 g/mol. The van der Waals surface area contributed by atoms with E-state index in [0.717, 1.165) is 0 Å². The minimum absolute atomic E-state index is 0.336. The van der Waals surface area contributed by atoms with Crippen LogP contribution in [0.2, 0.25) is 0 Å². The fraction of sp³-hybridized carbons (Fsp3) is 0. The number of hydrogen-bond acceptors (Lipinski definition) is 3. The summed E-state index contributed by atoms with van der Waals surface area (Å²) >= 11 is 0. The van der Waals surface area contributed by atoms with Gasteiger partial charge in [0.2, 0.25) is 0 Å². The highest BCUT2D eigenvalue weighted by Gasteiger charge is 1.86. The fourth-order valence-corrected chi connectivity index (χ4v) is 0.174. The van der Waals surface area contributed by atoms with Gasteiger partial charge in [0.25, 0.3) is 0 Å². The van der Waals surface area contributed by atoms with Gasteiger partial charge < -0.3 is 15.6 Å². The molecule has 4 nitrogen and oxygen atoms in total. The lowest BCUT2D eigenvalue weighted by atomic mass is 11.3. The first kappa shape index (κ1) is 5.45. The van der Waals surface area contributed by atoms with E-state index in [0.29, 0.717) is 0 Å². The van der Waals surface area contributed by atoms with Gasteiger partial charge in [0.05, 0.1) is 0 Å². The quantitative estimate of drug-likeness (QED) is 0.400. The molecule has 0 aromatic rings. The third kappa shape index (κ3) is 3.45. The van der Waals surface area contributed by atoms with Gasteiger partial charge in [0, 0.05) is 0 Å². The molecule has 0 aromatic carbocycles. The van der Waals surface area contributed by atoms with Gasteiger partial charge >= 0.3 is 16.0 Å². The summed E-state index contributed by atoms with van der Waals surface area (Å²) in [6.45, 7) is 0. The second-order valence-corrected chi connectivity index (χ2v) is 0.979. The number of rotatable bonds is 1. The average Bonchev–Trinajstić information content (AvgIpc) is 1.35. The van der Waals surface area contributed by atoms with Crippen molar-refractivity contribution in [1.29, 1.82) is 0 Å². The molecule has 0 saturated heterocycles. The van der Waals surface area contributed by atoms with Crippen LogP contribution < -0.4 is 11.1 Å². The molecule has 0 rings (SSSR count). The predicted octanol–water partition coefficient (Wildman–Crippen LogP) is -1.43. The largest absolute Gasteiger partial charge is 0.484 e. The molecule has 0 fully saturated rings. The molecular weight excluding hydrogens is 100 g/mol. The summed E-state index contributed by atoms with van der Waals surface area (Å²) in [5.41, 5.74) is 4.47. The number of carbonyl (C=O) groups excluding carboxylic acids is 1. The monoisotopic (exact) mass is 104 g/mol. The maximum atomic E-state index is 9.53. The van der Waals surface area contributed by atoms with Crippen LogP contribution in [0.15, 0.2) is 0 Å². The number of hydrogen-bond donors (Lipinski definition) is 2. The van der Waals surface area contributed by atoms with Crippen molar-refractivity contribution >= 4 is 16.0 Å². The predicted molar refractivity (Wildman–Crippen MR) is 20.6 cm³/mol. The molecule has 2 radical (unpaired) electrons. The summed E-state index contributed by atoms with van der Waals surface area (Å²) < 4.78 is 3.99. The van der Waals surface area contributed by atoms with Crippen LogP contribution in [0, 0.1) is 0 Å². The van der Waals surface area contributed by atoms with Crippen molar-refractivity contribution in [3.8, 4) is 0 Å². The first-order chi connectivity index (χ1) is 2.77. The van der Waals surface area contributed by atoms with Gasteiger partial charge in [-0.3, -0.25) is 0 Å². The van der Waals surface area contributed by atoms with Crippen molar-refractivity contribution in [3.63, 3.8) is 0 Å². The molecule has 0 bridgehead atoms. The molecule has 0 heterocycles.